The molecule has 4 rings (SSSR count). The van der Waals surface area contributed by atoms with Crippen LogP contribution >= 0.6 is 0 Å². The van der Waals surface area contributed by atoms with Crippen molar-refractivity contribution in [3.8, 4) is 0 Å². The van der Waals surface area contributed by atoms with Gasteiger partial charge in [-0.15, -0.1) is 5.10 Å². The summed E-state index contributed by atoms with van der Waals surface area (Å²) in [6.07, 6.45) is 5.16. The summed E-state index contributed by atoms with van der Waals surface area (Å²) < 4.78 is 43.7. The van der Waals surface area contributed by atoms with Crippen LogP contribution in [0.2, 0.25) is 0 Å². The van der Waals surface area contributed by atoms with Crippen LogP contribution in [0.4, 0.5) is 4.39 Å². The van der Waals surface area contributed by atoms with Crippen molar-refractivity contribution in [2.45, 2.75) is 37.1 Å². The molecule has 0 bridgehead atoms. The molecule has 2 aromatic heterocycles. The zero-order valence-corrected chi connectivity index (χ0v) is 16.1. The van der Waals surface area contributed by atoms with Gasteiger partial charge in [0.2, 0.25) is 10.0 Å². The molecule has 148 valence electrons. The van der Waals surface area contributed by atoms with Gasteiger partial charge >= 0.3 is 5.69 Å². The number of sulfonamides is 1. The molecule has 3 heterocycles. The maximum atomic E-state index is 13.4. The molecule has 0 saturated carbocycles. The first-order valence-corrected chi connectivity index (χ1v) is 10.7. The molecular weight excluding hydrogens is 383 g/mol. The van der Waals surface area contributed by atoms with E-state index in [2.05, 4.69) is 5.10 Å². The largest absolute Gasteiger partial charge is 0.350 e. The molecule has 0 unspecified atom stereocenters. The van der Waals surface area contributed by atoms with Crippen LogP contribution in [0.3, 0.4) is 0 Å². The maximum Gasteiger partial charge on any atom is 0.350 e. The summed E-state index contributed by atoms with van der Waals surface area (Å²) >= 11 is 0. The second-order valence-electron chi connectivity index (χ2n) is 6.95. The van der Waals surface area contributed by atoms with E-state index in [9.17, 15) is 17.6 Å². The maximum absolute atomic E-state index is 13.4. The smallest absolute Gasteiger partial charge is 0.249 e. The second-order valence-corrected chi connectivity index (χ2v) is 8.86. The van der Waals surface area contributed by atoms with Crippen molar-refractivity contribution < 1.29 is 12.8 Å². The molecule has 1 fully saturated rings. The Morgan fingerprint density at radius 2 is 1.79 bits per heavy atom. The Morgan fingerprint density at radius 1 is 1.04 bits per heavy atom. The van der Waals surface area contributed by atoms with Gasteiger partial charge in [-0.1, -0.05) is 25.0 Å². The summed E-state index contributed by atoms with van der Waals surface area (Å²) in [4.78, 5) is 12.7. The van der Waals surface area contributed by atoms with Crippen LogP contribution in [0.25, 0.3) is 5.65 Å². The van der Waals surface area contributed by atoms with Crippen molar-refractivity contribution in [3.05, 3.63) is 64.5 Å². The molecule has 0 radical (unpaired) electrons. The Hall–Kier alpha value is -2.52. The van der Waals surface area contributed by atoms with Gasteiger partial charge < -0.3 is 0 Å². The summed E-state index contributed by atoms with van der Waals surface area (Å²) in [5.74, 6) is -0.404. The van der Waals surface area contributed by atoms with Crippen molar-refractivity contribution >= 4 is 15.7 Å². The molecule has 7 nitrogen and oxygen atoms in total. The highest BCUT2D eigenvalue weighted by Crippen LogP contribution is 2.22. The van der Waals surface area contributed by atoms with Crippen molar-refractivity contribution in [1.82, 2.24) is 18.5 Å². The minimum atomic E-state index is -3.76. The van der Waals surface area contributed by atoms with Crippen LogP contribution in [-0.4, -0.2) is 40.0 Å². The summed E-state index contributed by atoms with van der Waals surface area (Å²) in [5, 5.41) is 4.26. The molecule has 1 saturated heterocycles. The number of rotatable bonds is 4. The van der Waals surface area contributed by atoms with E-state index < -0.39 is 21.5 Å². The fraction of sp³-hybridized carbons (Fsp3) is 0.368. The molecular formula is C19H21FN4O3S. The zero-order chi connectivity index (χ0) is 19.7. The lowest BCUT2D eigenvalue weighted by Crippen LogP contribution is -2.32. The lowest BCUT2D eigenvalue weighted by molar-refractivity contribution is 0.424. The Kier molecular flexibility index (Phi) is 5.03. The van der Waals surface area contributed by atoms with Crippen LogP contribution in [-0.2, 0) is 16.6 Å². The SMILES string of the molecule is O=c1n(Cc2cccc(F)c2)nc2c(S(=O)(=O)N3CCCCCC3)cccn12. The van der Waals surface area contributed by atoms with Crippen molar-refractivity contribution in [2.75, 3.05) is 13.1 Å². The Morgan fingerprint density at radius 3 is 2.50 bits per heavy atom. The Labute approximate surface area is 162 Å². The molecule has 1 aromatic carbocycles. The predicted molar refractivity (Wildman–Crippen MR) is 102 cm³/mol. The van der Waals surface area contributed by atoms with E-state index >= 15 is 0 Å². The van der Waals surface area contributed by atoms with Gasteiger partial charge in [0.05, 0.1) is 6.54 Å². The number of fused-ring (bicyclic) bond motifs is 1. The molecule has 0 aliphatic carbocycles. The standard InChI is InChI=1S/C19H21FN4O3S/c20-16-8-5-7-15(13-16)14-24-19(25)23-12-6-9-17(18(23)21-24)28(26,27)22-10-3-1-2-4-11-22/h5-9,12-13H,1-4,10-11,14H2. The van der Waals surface area contributed by atoms with E-state index in [4.69, 9.17) is 0 Å². The van der Waals surface area contributed by atoms with Gasteiger partial charge in [0.15, 0.2) is 5.65 Å². The molecule has 0 amide bonds. The average Bonchev–Trinajstić information content (AvgIpc) is 2.86. The number of halogens is 1. The minimum Gasteiger partial charge on any atom is -0.249 e. The average molecular weight is 404 g/mol. The highest BCUT2D eigenvalue weighted by atomic mass is 32.2. The van der Waals surface area contributed by atoms with E-state index in [0.29, 0.717) is 18.7 Å². The van der Waals surface area contributed by atoms with E-state index in [1.165, 1.54) is 39.2 Å². The highest BCUT2D eigenvalue weighted by Gasteiger charge is 2.28. The van der Waals surface area contributed by atoms with E-state index in [1.807, 2.05) is 0 Å². The molecule has 0 spiro atoms. The number of hydrogen-bond acceptors (Lipinski definition) is 4. The fourth-order valence-electron chi connectivity index (χ4n) is 3.55. The van der Waals surface area contributed by atoms with Gasteiger partial charge in [-0.3, -0.25) is 0 Å². The summed E-state index contributed by atoms with van der Waals surface area (Å²) in [6.45, 7) is 0.997. The first-order valence-electron chi connectivity index (χ1n) is 9.29. The second kappa shape index (κ2) is 7.48. The van der Waals surface area contributed by atoms with E-state index in [1.54, 1.807) is 12.1 Å². The van der Waals surface area contributed by atoms with E-state index in [0.717, 1.165) is 30.4 Å². The van der Waals surface area contributed by atoms with Gasteiger partial charge in [0.25, 0.3) is 0 Å². The quantitative estimate of drug-likeness (QED) is 0.668. The van der Waals surface area contributed by atoms with Crippen molar-refractivity contribution in [2.24, 2.45) is 0 Å². The number of hydrogen-bond donors (Lipinski definition) is 0. The first-order chi connectivity index (χ1) is 13.5. The lowest BCUT2D eigenvalue weighted by atomic mass is 10.2. The summed E-state index contributed by atoms with van der Waals surface area (Å²) in [7, 11) is -3.76. The number of benzene rings is 1. The lowest BCUT2D eigenvalue weighted by Gasteiger charge is -2.19. The predicted octanol–water partition coefficient (Wildman–Crippen LogP) is 2.25. The molecule has 28 heavy (non-hydrogen) atoms. The summed E-state index contributed by atoms with van der Waals surface area (Å²) in [5.41, 5.74) is 0.197. The Balaban J connectivity index is 1.77. The third-order valence-corrected chi connectivity index (χ3v) is 6.90. The van der Waals surface area contributed by atoms with Gasteiger partial charge in [-0.25, -0.2) is 26.7 Å². The van der Waals surface area contributed by atoms with Gasteiger partial charge in [-0.05, 0) is 42.7 Å². The van der Waals surface area contributed by atoms with Crippen LogP contribution in [0, 0.1) is 5.82 Å². The van der Waals surface area contributed by atoms with Crippen LogP contribution in [0.1, 0.15) is 31.2 Å². The molecule has 9 heteroatoms. The van der Waals surface area contributed by atoms with Crippen LogP contribution in [0.5, 0.6) is 0 Å². The van der Waals surface area contributed by atoms with Crippen molar-refractivity contribution in [3.63, 3.8) is 0 Å². The Bertz CT molecular complexity index is 1160. The third kappa shape index (κ3) is 3.47. The third-order valence-electron chi connectivity index (χ3n) is 4.98. The van der Waals surface area contributed by atoms with Gasteiger partial charge in [-0.2, -0.15) is 4.31 Å². The number of nitrogens with zero attached hydrogens (tertiary/aromatic N) is 4. The zero-order valence-electron chi connectivity index (χ0n) is 15.3. The normalized spacial score (nSPS) is 16.3. The van der Waals surface area contributed by atoms with Crippen molar-refractivity contribution in [1.29, 1.82) is 0 Å². The fourth-order valence-corrected chi connectivity index (χ4v) is 5.18. The van der Waals surface area contributed by atoms with Gasteiger partial charge in [0, 0.05) is 19.3 Å². The number of pyridine rings is 1. The topological polar surface area (TPSA) is 76.7 Å². The van der Waals surface area contributed by atoms with Gasteiger partial charge in [0.1, 0.15) is 10.7 Å². The first kappa shape index (κ1) is 18.8. The van der Waals surface area contributed by atoms with Crippen LogP contribution in [0.15, 0.2) is 52.3 Å². The monoisotopic (exact) mass is 404 g/mol. The molecule has 0 atom stereocenters. The molecule has 3 aromatic rings. The molecule has 1 aliphatic rings. The number of aromatic nitrogens is 3. The van der Waals surface area contributed by atoms with E-state index in [-0.39, 0.29) is 17.1 Å². The molecule has 1 aliphatic heterocycles. The minimum absolute atomic E-state index is 0.0204. The summed E-state index contributed by atoms with van der Waals surface area (Å²) in [6, 6.07) is 8.91. The van der Waals surface area contributed by atoms with Crippen LogP contribution < -0.4 is 5.69 Å². The highest BCUT2D eigenvalue weighted by molar-refractivity contribution is 7.89. The molecule has 0 N–H and O–H groups in total.